The molecule has 0 amide bonds. The summed E-state index contributed by atoms with van der Waals surface area (Å²) in [7, 11) is 1.93. The predicted octanol–water partition coefficient (Wildman–Crippen LogP) is 2.41. The number of hydrogen-bond acceptors (Lipinski definition) is 3. The van der Waals surface area contributed by atoms with Crippen molar-refractivity contribution in [3.63, 3.8) is 0 Å². The molecule has 4 heteroatoms. The summed E-state index contributed by atoms with van der Waals surface area (Å²) in [4.78, 5) is 2.21. The number of piperidine rings is 1. The van der Waals surface area contributed by atoms with Crippen molar-refractivity contribution < 1.29 is 5.11 Å². The fourth-order valence-corrected chi connectivity index (χ4v) is 2.97. The maximum absolute atomic E-state index is 10.2. The van der Waals surface area contributed by atoms with Gasteiger partial charge in [-0.05, 0) is 38.4 Å². The number of rotatable bonds is 3. The van der Waals surface area contributed by atoms with Gasteiger partial charge in [0, 0.05) is 19.6 Å². The molecule has 2 rings (SSSR count). The van der Waals surface area contributed by atoms with Crippen molar-refractivity contribution in [3.8, 4) is 0 Å². The third kappa shape index (κ3) is 2.97. The fourth-order valence-electron chi connectivity index (χ4n) is 2.66. The van der Waals surface area contributed by atoms with Gasteiger partial charge in [0.25, 0.3) is 0 Å². The smallest absolute Gasteiger partial charge is 0.0794 e. The average Bonchev–Trinajstić information content (AvgIpc) is 2.28. The molecule has 18 heavy (non-hydrogen) atoms. The molecule has 100 valence electrons. The van der Waals surface area contributed by atoms with Crippen LogP contribution in [-0.2, 0) is 6.54 Å². The number of para-hydroxylation sites is 1. The van der Waals surface area contributed by atoms with Gasteiger partial charge in [-0.25, -0.2) is 0 Å². The number of β-amino-alcohol motifs (C(OH)–C–C–N with tert-alkyl or cyclic N) is 1. The van der Waals surface area contributed by atoms with Crippen LogP contribution in [0.15, 0.2) is 18.2 Å². The molecule has 2 N–H and O–H groups in total. The van der Waals surface area contributed by atoms with Crippen LogP contribution in [0, 0.1) is 0 Å². The molecule has 1 unspecified atom stereocenters. The normalized spacial score (nSPS) is 24.3. The molecule has 0 spiro atoms. The third-order valence-corrected chi connectivity index (χ3v) is 3.73. The van der Waals surface area contributed by atoms with E-state index in [0.717, 1.165) is 36.6 Å². The van der Waals surface area contributed by atoms with E-state index in [-0.39, 0.29) is 0 Å². The molecule has 0 aromatic heterocycles. The minimum absolute atomic E-state index is 0.617. The Kier molecular flexibility index (Phi) is 4.15. The molecule has 0 radical (unpaired) electrons. The van der Waals surface area contributed by atoms with Crippen LogP contribution in [0.4, 0.5) is 5.69 Å². The van der Waals surface area contributed by atoms with Crippen molar-refractivity contribution in [3.05, 3.63) is 28.8 Å². The number of benzene rings is 1. The molecular formula is C14H21ClN2O. The van der Waals surface area contributed by atoms with Crippen LogP contribution in [0.5, 0.6) is 0 Å². The molecule has 1 aliphatic rings. The van der Waals surface area contributed by atoms with Crippen molar-refractivity contribution in [2.75, 3.05) is 25.0 Å². The number of nitrogens with one attached hydrogen (secondary N) is 1. The molecule has 1 fully saturated rings. The Morgan fingerprint density at radius 1 is 1.50 bits per heavy atom. The van der Waals surface area contributed by atoms with Gasteiger partial charge < -0.3 is 15.3 Å². The van der Waals surface area contributed by atoms with Crippen LogP contribution in [0.3, 0.4) is 0 Å². The Hall–Kier alpha value is -0.770. The summed E-state index contributed by atoms with van der Waals surface area (Å²) in [5, 5.41) is 14.1. The standard InChI is InChI=1S/C14H21ClN2O/c1-14(18)7-4-8-17(10-14)13-11(9-16-2)5-3-6-12(13)15/h3,5-6,16,18H,4,7-10H2,1-2H3. The lowest BCUT2D eigenvalue weighted by Gasteiger charge is -2.39. The zero-order valence-electron chi connectivity index (χ0n) is 11.0. The first-order valence-electron chi connectivity index (χ1n) is 6.43. The first-order valence-corrected chi connectivity index (χ1v) is 6.80. The van der Waals surface area contributed by atoms with Crippen LogP contribution in [0.2, 0.25) is 5.02 Å². The molecular weight excluding hydrogens is 248 g/mol. The molecule has 1 saturated heterocycles. The predicted molar refractivity (Wildman–Crippen MR) is 76.3 cm³/mol. The summed E-state index contributed by atoms with van der Waals surface area (Å²) < 4.78 is 0. The molecule has 0 bridgehead atoms. The van der Waals surface area contributed by atoms with E-state index in [1.54, 1.807) is 0 Å². The Labute approximate surface area is 114 Å². The SMILES string of the molecule is CNCc1cccc(Cl)c1N1CCCC(C)(O)C1. The van der Waals surface area contributed by atoms with Crippen molar-refractivity contribution in [1.82, 2.24) is 5.32 Å². The van der Waals surface area contributed by atoms with Crippen molar-refractivity contribution >= 4 is 17.3 Å². The topological polar surface area (TPSA) is 35.5 Å². The van der Waals surface area contributed by atoms with Crippen molar-refractivity contribution in [1.29, 1.82) is 0 Å². The number of nitrogens with zero attached hydrogens (tertiary/aromatic N) is 1. The Morgan fingerprint density at radius 2 is 2.28 bits per heavy atom. The quantitative estimate of drug-likeness (QED) is 0.884. The van der Waals surface area contributed by atoms with Gasteiger partial charge in [-0.3, -0.25) is 0 Å². The van der Waals surface area contributed by atoms with E-state index in [0.29, 0.717) is 6.54 Å². The lowest BCUT2D eigenvalue weighted by Crippen LogP contribution is -2.46. The van der Waals surface area contributed by atoms with E-state index >= 15 is 0 Å². The van der Waals surface area contributed by atoms with E-state index in [1.807, 2.05) is 26.1 Å². The van der Waals surface area contributed by atoms with E-state index in [9.17, 15) is 5.11 Å². The molecule has 1 aliphatic heterocycles. The monoisotopic (exact) mass is 268 g/mol. The second-order valence-electron chi connectivity index (χ2n) is 5.30. The van der Waals surface area contributed by atoms with Gasteiger partial charge in [0.2, 0.25) is 0 Å². The lowest BCUT2D eigenvalue weighted by molar-refractivity contribution is 0.0449. The number of anilines is 1. The first-order chi connectivity index (χ1) is 8.53. The number of halogens is 1. The van der Waals surface area contributed by atoms with Crippen LogP contribution in [0.1, 0.15) is 25.3 Å². The van der Waals surface area contributed by atoms with Gasteiger partial charge in [-0.15, -0.1) is 0 Å². The fraction of sp³-hybridized carbons (Fsp3) is 0.571. The van der Waals surface area contributed by atoms with Crippen LogP contribution < -0.4 is 10.2 Å². The third-order valence-electron chi connectivity index (χ3n) is 3.43. The minimum atomic E-state index is -0.617. The zero-order valence-corrected chi connectivity index (χ0v) is 11.8. The Balaban J connectivity index is 2.31. The molecule has 1 aromatic rings. The van der Waals surface area contributed by atoms with Crippen LogP contribution in [-0.4, -0.2) is 30.8 Å². The first kappa shape index (κ1) is 13.7. The van der Waals surface area contributed by atoms with Crippen molar-refractivity contribution in [2.45, 2.75) is 31.9 Å². The van der Waals surface area contributed by atoms with E-state index in [2.05, 4.69) is 16.3 Å². The molecule has 1 aromatic carbocycles. The maximum atomic E-state index is 10.2. The Bertz CT molecular complexity index is 420. The highest BCUT2D eigenvalue weighted by atomic mass is 35.5. The molecule has 0 aliphatic carbocycles. The molecule has 0 saturated carbocycles. The highest BCUT2D eigenvalue weighted by Gasteiger charge is 2.30. The van der Waals surface area contributed by atoms with Crippen LogP contribution >= 0.6 is 11.6 Å². The van der Waals surface area contributed by atoms with Gasteiger partial charge in [0.15, 0.2) is 0 Å². The van der Waals surface area contributed by atoms with Crippen molar-refractivity contribution in [2.24, 2.45) is 0 Å². The summed E-state index contributed by atoms with van der Waals surface area (Å²) in [6.07, 6.45) is 1.85. The average molecular weight is 269 g/mol. The second-order valence-corrected chi connectivity index (χ2v) is 5.71. The van der Waals surface area contributed by atoms with E-state index in [1.165, 1.54) is 5.56 Å². The molecule has 1 heterocycles. The lowest BCUT2D eigenvalue weighted by atomic mass is 9.94. The highest BCUT2D eigenvalue weighted by Crippen LogP contribution is 2.34. The summed E-state index contributed by atoms with van der Waals surface area (Å²) >= 11 is 6.34. The van der Waals surface area contributed by atoms with E-state index < -0.39 is 5.60 Å². The minimum Gasteiger partial charge on any atom is -0.388 e. The highest BCUT2D eigenvalue weighted by molar-refractivity contribution is 6.33. The molecule has 3 nitrogen and oxygen atoms in total. The summed E-state index contributed by atoms with van der Waals surface area (Å²) in [5.74, 6) is 0. The zero-order chi connectivity index (χ0) is 13.2. The van der Waals surface area contributed by atoms with Gasteiger partial charge in [-0.2, -0.15) is 0 Å². The van der Waals surface area contributed by atoms with Gasteiger partial charge >= 0.3 is 0 Å². The largest absolute Gasteiger partial charge is 0.388 e. The summed E-state index contributed by atoms with van der Waals surface area (Å²) in [5.41, 5.74) is 1.63. The van der Waals surface area contributed by atoms with Gasteiger partial charge in [-0.1, -0.05) is 23.7 Å². The summed E-state index contributed by atoms with van der Waals surface area (Å²) in [6, 6.07) is 5.97. The number of aliphatic hydroxyl groups is 1. The summed E-state index contributed by atoms with van der Waals surface area (Å²) in [6.45, 7) is 4.28. The second kappa shape index (κ2) is 5.47. The molecule has 1 atom stereocenters. The van der Waals surface area contributed by atoms with Crippen LogP contribution in [0.25, 0.3) is 0 Å². The van der Waals surface area contributed by atoms with Gasteiger partial charge in [0.1, 0.15) is 0 Å². The maximum Gasteiger partial charge on any atom is 0.0794 e. The Morgan fingerprint density at radius 3 is 2.94 bits per heavy atom. The number of hydrogen-bond donors (Lipinski definition) is 2. The van der Waals surface area contributed by atoms with Gasteiger partial charge in [0.05, 0.1) is 16.3 Å². The van der Waals surface area contributed by atoms with E-state index in [4.69, 9.17) is 11.6 Å².